The smallest absolute Gasteiger partial charge is 0.148 e. The molecule has 1 N–H and O–H groups in total. The van der Waals surface area contributed by atoms with Crippen LogP contribution in [0.5, 0.6) is 5.75 Å². The maximum Gasteiger partial charge on any atom is 0.148 e. The molecule has 0 saturated carbocycles. The number of imidazole rings is 1. The number of hydrogen-bond donors (Lipinski definition) is 1. The molecule has 72 heavy (non-hydrogen) atoms. The summed E-state index contributed by atoms with van der Waals surface area (Å²) in [7, 11) is 0. The Morgan fingerprint density at radius 1 is 0.514 bits per heavy atom. The largest absolute Gasteiger partial charge is 0.507 e. The molecular weight excluding hydrogens is 1060 g/mol. The molecule has 0 radical (unpaired) electrons. The molecule has 11 rings (SSSR count). The molecule has 11 aromatic rings. The minimum absolute atomic E-state index is 0. The normalized spacial score (nSPS) is 12.2. The van der Waals surface area contributed by atoms with Gasteiger partial charge in [0.25, 0.3) is 0 Å². The molecule has 0 amide bonds. The van der Waals surface area contributed by atoms with Crippen molar-refractivity contribution in [3.63, 3.8) is 0 Å². The molecule has 0 spiro atoms. The minimum Gasteiger partial charge on any atom is -0.507 e. The van der Waals surface area contributed by atoms with Gasteiger partial charge in [-0.15, -0.1) is 12.1 Å². The monoisotopic (exact) mass is 1120 g/mol. The average molecular weight is 1120 g/mol. The Morgan fingerprint density at radius 2 is 1.14 bits per heavy atom. The van der Waals surface area contributed by atoms with Crippen molar-refractivity contribution in [2.45, 2.75) is 78.6 Å². The molecule has 0 bridgehead atoms. The van der Waals surface area contributed by atoms with E-state index in [1.54, 1.807) is 0 Å². The van der Waals surface area contributed by atoms with Crippen molar-refractivity contribution in [1.82, 2.24) is 14.5 Å². The molecule has 0 aliphatic heterocycles. The quantitative estimate of drug-likeness (QED) is 0.162. The molecule has 0 unspecified atom stereocenters. The third-order valence-electron chi connectivity index (χ3n) is 13.9. The van der Waals surface area contributed by atoms with Crippen molar-refractivity contribution >= 4 is 33.0 Å². The summed E-state index contributed by atoms with van der Waals surface area (Å²) in [5.74, 6) is 0.872. The Kier molecular flexibility index (Phi) is 12.3. The fourth-order valence-electron chi connectivity index (χ4n) is 9.92. The molecule has 6 heteroatoms. The Balaban J connectivity index is 0.00000596. The predicted molar refractivity (Wildman–Crippen MR) is 295 cm³/mol. The fourth-order valence-corrected chi connectivity index (χ4v) is 9.92. The number of pyridine rings is 1. The maximum absolute atomic E-state index is 12.7. The van der Waals surface area contributed by atoms with Crippen molar-refractivity contribution in [3.05, 3.63) is 205 Å². The van der Waals surface area contributed by atoms with E-state index in [-0.39, 0.29) is 43.1 Å². The summed E-state index contributed by atoms with van der Waals surface area (Å²) in [4.78, 5) is 10.7. The number of phenolic OH excluding ortho intramolecular Hbond substituents is 1. The van der Waals surface area contributed by atoms with Gasteiger partial charge in [0.1, 0.15) is 17.2 Å². The zero-order chi connectivity index (χ0) is 49.4. The molecule has 3 aromatic heterocycles. The topological polar surface area (TPSA) is 64.1 Å². The van der Waals surface area contributed by atoms with Gasteiger partial charge in [0, 0.05) is 49.5 Å². The SMILES string of the molecule is CC(C)(C)c1ccc(-n2c(-c3cc(C(C)(C)C)cc(C(C)(C)C)c3O)nc3c(-c4[c-]c(-c5cc(-c6ccc(-c7ccccc7)cc6)ccn5)cc5c4oc4ccccc45)cccc32)c(-c2ccccc2)c1.[Pt]. The first-order valence-corrected chi connectivity index (χ1v) is 24.6. The van der Waals surface area contributed by atoms with Gasteiger partial charge in [-0.3, -0.25) is 9.55 Å². The van der Waals surface area contributed by atoms with E-state index in [9.17, 15) is 5.11 Å². The third kappa shape index (κ3) is 8.79. The first kappa shape index (κ1) is 48.3. The van der Waals surface area contributed by atoms with Gasteiger partial charge in [-0.25, -0.2) is 4.98 Å². The van der Waals surface area contributed by atoms with E-state index >= 15 is 0 Å². The van der Waals surface area contributed by atoms with E-state index < -0.39 is 0 Å². The number of aromatic hydroxyl groups is 1. The van der Waals surface area contributed by atoms with Crippen molar-refractivity contribution in [3.8, 4) is 78.6 Å². The van der Waals surface area contributed by atoms with E-state index in [4.69, 9.17) is 14.4 Å². The number of fused-ring (bicyclic) bond motifs is 4. The van der Waals surface area contributed by atoms with Crippen molar-refractivity contribution in [2.75, 3.05) is 0 Å². The Hall–Kier alpha value is -7.33. The zero-order valence-electron chi connectivity index (χ0n) is 42.3. The van der Waals surface area contributed by atoms with Crippen LogP contribution in [0.2, 0.25) is 0 Å². The maximum atomic E-state index is 12.7. The Bertz CT molecular complexity index is 3810. The van der Waals surface area contributed by atoms with Crippen molar-refractivity contribution in [1.29, 1.82) is 0 Å². The second kappa shape index (κ2) is 18.4. The summed E-state index contributed by atoms with van der Waals surface area (Å²) in [6.45, 7) is 19.9. The molecule has 8 aromatic carbocycles. The van der Waals surface area contributed by atoms with Gasteiger partial charge in [0.05, 0.1) is 27.9 Å². The number of benzene rings is 8. The van der Waals surface area contributed by atoms with Crippen molar-refractivity contribution < 1.29 is 30.6 Å². The molecule has 0 saturated heterocycles. The van der Waals surface area contributed by atoms with Crippen LogP contribution in [-0.2, 0) is 37.3 Å². The van der Waals surface area contributed by atoms with E-state index in [2.05, 4.69) is 231 Å². The zero-order valence-corrected chi connectivity index (χ0v) is 44.6. The average Bonchev–Trinajstić information content (AvgIpc) is 3.95. The van der Waals surface area contributed by atoms with E-state index in [0.29, 0.717) is 11.4 Å². The minimum atomic E-state index is -0.356. The number of furan rings is 1. The molecule has 0 aliphatic carbocycles. The van der Waals surface area contributed by atoms with Crippen LogP contribution in [0.3, 0.4) is 0 Å². The van der Waals surface area contributed by atoms with Crippen LogP contribution in [0.25, 0.3) is 106 Å². The number of rotatable bonds is 7. The number of hydrogen-bond acceptors (Lipinski definition) is 4. The number of para-hydroxylation sites is 2. The summed E-state index contributed by atoms with van der Waals surface area (Å²) in [6, 6.07) is 65.7. The summed E-state index contributed by atoms with van der Waals surface area (Å²) in [5.41, 5.74) is 17.3. The molecule has 3 heterocycles. The van der Waals surface area contributed by atoms with Gasteiger partial charge in [0.2, 0.25) is 0 Å². The summed E-state index contributed by atoms with van der Waals surface area (Å²) in [6.07, 6.45) is 1.88. The second-order valence-electron chi connectivity index (χ2n) is 22.0. The summed E-state index contributed by atoms with van der Waals surface area (Å²) in [5, 5.41) is 14.6. The number of aromatic nitrogens is 3. The standard InChI is InChI=1S/C66H58N3O2.Pt/c1-64(2,3)47-31-32-57(51(38-47)44-21-14-11-15-22-44)69-58-25-18-24-50(60(58)68-63(69)54-39-48(65(4,5)6)40-55(61(54)70)66(7,8)9)53-36-46(35-52-49-23-16-17-26-59(49)71-62(52)53)56-37-45(33-34-67-56)43-29-27-42(28-30-43)41-19-12-10-13-20-41;/h10-35,37-40,70H,1-9H3;/q-1;. The molecule has 0 atom stereocenters. The molecule has 360 valence electrons. The van der Waals surface area contributed by atoms with Gasteiger partial charge >= 0.3 is 0 Å². The molecule has 5 nitrogen and oxygen atoms in total. The number of phenols is 1. The summed E-state index contributed by atoms with van der Waals surface area (Å²) < 4.78 is 9.11. The van der Waals surface area contributed by atoms with Crippen LogP contribution in [-0.4, -0.2) is 19.6 Å². The van der Waals surface area contributed by atoms with Crippen LogP contribution in [0.15, 0.2) is 187 Å². The first-order valence-electron chi connectivity index (χ1n) is 24.6. The van der Waals surface area contributed by atoms with Gasteiger partial charge in [-0.05, 0) is 97.0 Å². The fraction of sp³-hybridized carbons (Fsp3) is 0.182. The van der Waals surface area contributed by atoms with Crippen LogP contribution >= 0.6 is 0 Å². The Labute approximate surface area is 437 Å². The first-order chi connectivity index (χ1) is 34.0. The van der Waals surface area contributed by atoms with Crippen LogP contribution < -0.4 is 0 Å². The van der Waals surface area contributed by atoms with Crippen molar-refractivity contribution in [2.24, 2.45) is 0 Å². The second-order valence-corrected chi connectivity index (χ2v) is 22.0. The molecular formula is C66H58N3O2Pt-. The summed E-state index contributed by atoms with van der Waals surface area (Å²) >= 11 is 0. The van der Waals surface area contributed by atoms with E-state index in [1.165, 1.54) is 16.7 Å². The van der Waals surface area contributed by atoms with Gasteiger partial charge in [0.15, 0.2) is 0 Å². The predicted octanol–water partition coefficient (Wildman–Crippen LogP) is 17.7. The van der Waals surface area contributed by atoms with E-state index in [1.807, 2.05) is 24.4 Å². The van der Waals surface area contributed by atoms with Crippen LogP contribution in [0.4, 0.5) is 0 Å². The van der Waals surface area contributed by atoms with E-state index in [0.717, 1.165) is 94.4 Å². The number of nitrogens with zero attached hydrogens (tertiary/aromatic N) is 3. The molecule has 0 aliphatic rings. The van der Waals surface area contributed by atoms with Gasteiger partial charge in [-0.1, -0.05) is 212 Å². The van der Waals surface area contributed by atoms with Crippen LogP contribution in [0.1, 0.15) is 79.0 Å². The molecule has 0 fully saturated rings. The van der Waals surface area contributed by atoms with Gasteiger partial charge in [-0.2, -0.15) is 0 Å². The third-order valence-corrected chi connectivity index (χ3v) is 13.9. The Morgan fingerprint density at radius 3 is 1.82 bits per heavy atom. The van der Waals surface area contributed by atoms with Crippen LogP contribution in [0, 0.1) is 6.07 Å². The van der Waals surface area contributed by atoms with Gasteiger partial charge < -0.3 is 9.52 Å².